The fourth-order valence-electron chi connectivity index (χ4n) is 3.64. The second kappa shape index (κ2) is 6.15. The highest BCUT2D eigenvalue weighted by atomic mass is 35.5. The van der Waals surface area contributed by atoms with E-state index in [1.165, 1.54) is 25.7 Å². The highest BCUT2D eigenvalue weighted by molar-refractivity contribution is 6.28. The van der Waals surface area contributed by atoms with Crippen LogP contribution in [0, 0.1) is 12.3 Å². The van der Waals surface area contributed by atoms with Gasteiger partial charge in [0, 0.05) is 24.2 Å². The van der Waals surface area contributed by atoms with Crippen molar-refractivity contribution in [3.8, 4) is 0 Å². The van der Waals surface area contributed by atoms with Crippen LogP contribution in [-0.2, 0) is 4.79 Å². The molecule has 5 heteroatoms. The van der Waals surface area contributed by atoms with Crippen molar-refractivity contribution in [2.24, 2.45) is 5.41 Å². The summed E-state index contributed by atoms with van der Waals surface area (Å²) in [6.07, 6.45) is 10.5. The Balaban J connectivity index is 1.86. The minimum absolute atomic E-state index is 0.164. The Bertz CT molecular complexity index is 561. The lowest BCUT2D eigenvalue weighted by molar-refractivity contribution is -0.119. The van der Waals surface area contributed by atoms with Crippen LogP contribution in [-0.4, -0.2) is 21.9 Å². The summed E-state index contributed by atoms with van der Waals surface area (Å²) < 4.78 is 0. The Morgan fingerprint density at radius 2 is 2.05 bits per heavy atom. The maximum Gasteiger partial charge on any atom is 0.228 e. The lowest BCUT2D eigenvalue weighted by Crippen LogP contribution is -2.43. The number of hydrogen-bond donors (Lipinski definition) is 0. The standard InChI is InChI=1S/C17H24ClN3O/c1-3-4-14(22)21(15-12(2)11-19-16(18)20-15)13-5-7-17(8-6-13)9-10-17/h11,13H,3-10H2,1-2H3. The first-order chi connectivity index (χ1) is 10.5. The van der Waals surface area contributed by atoms with E-state index in [4.69, 9.17) is 11.6 Å². The summed E-state index contributed by atoms with van der Waals surface area (Å²) in [7, 11) is 0. The lowest BCUT2D eigenvalue weighted by atomic mass is 9.82. The summed E-state index contributed by atoms with van der Waals surface area (Å²) in [6, 6.07) is 0.259. The maximum atomic E-state index is 12.7. The molecule has 1 heterocycles. The summed E-state index contributed by atoms with van der Waals surface area (Å²) in [5.41, 5.74) is 1.54. The second-order valence-corrected chi connectivity index (χ2v) is 7.23. The van der Waals surface area contributed by atoms with Crippen molar-refractivity contribution in [1.82, 2.24) is 9.97 Å². The van der Waals surface area contributed by atoms with Gasteiger partial charge in [0.15, 0.2) is 0 Å². The van der Waals surface area contributed by atoms with E-state index in [1.807, 2.05) is 18.7 Å². The van der Waals surface area contributed by atoms with Gasteiger partial charge in [0.2, 0.25) is 11.2 Å². The van der Waals surface area contributed by atoms with Crippen molar-refractivity contribution in [2.45, 2.75) is 71.3 Å². The molecule has 3 rings (SSSR count). The molecule has 0 saturated heterocycles. The van der Waals surface area contributed by atoms with Gasteiger partial charge in [0.1, 0.15) is 5.82 Å². The predicted molar refractivity (Wildman–Crippen MR) is 88.1 cm³/mol. The number of carbonyl (C=O) groups excluding carboxylic acids is 1. The lowest BCUT2D eigenvalue weighted by Gasteiger charge is -2.37. The van der Waals surface area contributed by atoms with Crippen molar-refractivity contribution in [2.75, 3.05) is 4.90 Å². The molecule has 0 aliphatic heterocycles. The molecule has 2 aliphatic rings. The SMILES string of the molecule is CCCC(=O)N(c1nc(Cl)ncc1C)C1CCC2(CC1)CC2. The van der Waals surface area contributed by atoms with Crippen LogP contribution in [0.15, 0.2) is 6.20 Å². The molecule has 0 N–H and O–H groups in total. The first-order valence-corrected chi connectivity index (χ1v) is 8.74. The number of aryl methyl sites for hydroxylation is 1. The van der Waals surface area contributed by atoms with Crippen LogP contribution in [0.4, 0.5) is 5.82 Å². The molecular formula is C17H24ClN3O. The topological polar surface area (TPSA) is 46.1 Å². The molecule has 2 aliphatic carbocycles. The molecule has 0 atom stereocenters. The molecule has 0 radical (unpaired) electrons. The van der Waals surface area contributed by atoms with Crippen LogP contribution in [0.5, 0.6) is 0 Å². The molecule has 120 valence electrons. The van der Waals surface area contributed by atoms with E-state index < -0.39 is 0 Å². The van der Waals surface area contributed by atoms with E-state index in [0.717, 1.165) is 24.8 Å². The molecule has 2 fully saturated rings. The predicted octanol–water partition coefficient (Wildman–Crippen LogP) is 4.29. The summed E-state index contributed by atoms with van der Waals surface area (Å²) in [5, 5.41) is 0.212. The second-order valence-electron chi connectivity index (χ2n) is 6.89. The highest BCUT2D eigenvalue weighted by Crippen LogP contribution is 2.56. The summed E-state index contributed by atoms with van der Waals surface area (Å²) in [4.78, 5) is 23.0. The van der Waals surface area contributed by atoms with Gasteiger partial charge in [-0.2, -0.15) is 4.98 Å². The third-order valence-corrected chi connectivity index (χ3v) is 5.40. The minimum atomic E-state index is 0.164. The van der Waals surface area contributed by atoms with E-state index in [1.54, 1.807) is 6.20 Å². The monoisotopic (exact) mass is 321 g/mol. The van der Waals surface area contributed by atoms with Gasteiger partial charge < -0.3 is 0 Å². The first-order valence-electron chi connectivity index (χ1n) is 8.36. The van der Waals surface area contributed by atoms with Gasteiger partial charge in [0.05, 0.1) is 0 Å². The molecule has 0 unspecified atom stereocenters. The van der Waals surface area contributed by atoms with Crippen LogP contribution in [0.2, 0.25) is 5.28 Å². The van der Waals surface area contributed by atoms with Crippen LogP contribution in [0.1, 0.15) is 63.9 Å². The molecule has 1 amide bonds. The number of hydrogen-bond acceptors (Lipinski definition) is 3. The van der Waals surface area contributed by atoms with E-state index in [2.05, 4.69) is 9.97 Å². The fourth-order valence-corrected chi connectivity index (χ4v) is 3.76. The third-order valence-electron chi connectivity index (χ3n) is 5.21. The quantitative estimate of drug-likeness (QED) is 0.777. The molecule has 0 aromatic carbocycles. The summed E-state index contributed by atoms with van der Waals surface area (Å²) >= 11 is 5.98. The smallest absolute Gasteiger partial charge is 0.228 e. The Hall–Kier alpha value is -1.16. The van der Waals surface area contributed by atoms with Gasteiger partial charge in [-0.05, 0) is 68.9 Å². The zero-order valence-corrected chi connectivity index (χ0v) is 14.2. The maximum absolute atomic E-state index is 12.7. The van der Waals surface area contributed by atoms with Crippen LogP contribution < -0.4 is 4.90 Å². The zero-order chi connectivity index (χ0) is 15.7. The molecule has 1 aromatic rings. The fraction of sp³-hybridized carbons (Fsp3) is 0.706. The number of carbonyl (C=O) groups is 1. The largest absolute Gasteiger partial charge is 0.293 e. The van der Waals surface area contributed by atoms with Gasteiger partial charge >= 0.3 is 0 Å². The summed E-state index contributed by atoms with van der Waals surface area (Å²) in [6.45, 7) is 3.99. The van der Waals surface area contributed by atoms with Gasteiger partial charge in [-0.1, -0.05) is 6.92 Å². The molecule has 22 heavy (non-hydrogen) atoms. The molecular weight excluding hydrogens is 298 g/mol. The molecule has 1 aromatic heterocycles. The Labute approximate surface area is 137 Å². The Morgan fingerprint density at radius 1 is 1.36 bits per heavy atom. The zero-order valence-electron chi connectivity index (χ0n) is 13.4. The molecule has 2 saturated carbocycles. The average Bonchev–Trinajstić information content (AvgIpc) is 3.25. The number of halogens is 1. The van der Waals surface area contributed by atoms with E-state index in [-0.39, 0.29) is 17.2 Å². The molecule has 0 bridgehead atoms. The molecule has 1 spiro atoms. The number of nitrogens with zero attached hydrogens (tertiary/aromatic N) is 3. The average molecular weight is 322 g/mol. The van der Waals surface area contributed by atoms with Gasteiger partial charge in [-0.3, -0.25) is 9.69 Å². The third kappa shape index (κ3) is 3.12. The van der Waals surface area contributed by atoms with Crippen LogP contribution in [0.3, 0.4) is 0 Å². The highest BCUT2D eigenvalue weighted by Gasteiger charge is 2.46. The van der Waals surface area contributed by atoms with Crippen molar-refractivity contribution >= 4 is 23.3 Å². The van der Waals surface area contributed by atoms with Gasteiger partial charge in [-0.25, -0.2) is 4.98 Å². The Morgan fingerprint density at radius 3 is 2.64 bits per heavy atom. The minimum Gasteiger partial charge on any atom is -0.293 e. The first kappa shape index (κ1) is 15.7. The normalized spacial score (nSPS) is 20.1. The number of rotatable bonds is 4. The van der Waals surface area contributed by atoms with Crippen LogP contribution in [0.25, 0.3) is 0 Å². The number of amides is 1. The van der Waals surface area contributed by atoms with Gasteiger partial charge in [-0.15, -0.1) is 0 Å². The van der Waals surface area contributed by atoms with Gasteiger partial charge in [0.25, 0.3) is 0 Å². The van der Waals surface area contributed by atoms with Crippen molar-refractivity contribution in [1.29, 1.82) is 0 Å². The van der Waals surface area contributed by atoms with E-state index in [9.17, 15) is 4.79 Å². The summed E-state index contributed by atoms with van der Waals surface area (Å²) in [5.74, 6) is 0.868. The van der Waals surface area contributed by atoms with Crippen LogP contribution >= 0.6 is 11.6 Å². The number of anilines is 1. The van der Waals surface area contributed by atoms with E-state index >= 15 is 0 Å². The van der Waals surface area contributed by atoms with E-state index in [0.29, 0.717) is 17.7 Å². The molecule has 4 nitrogen and oxygen atoms in total. The van der Waals surface area contributed by atoms with Crippen molar-refractivity contribution in [3.63, 3.8) is 0 Å². The van der Waals surface area contributed by atoms with Crippen molar-refractivity contribution < 1.29 is 4.79 Å². The Kier molecular flexibility index (Phi) is 4.40. The van der Waals surface area contributed by atoms with Crippen molar-refractivity contribution in [3.05, 3.63) is 17.0 Å². The number of aromatic nitrogens is 2.